The summed E-state index contributed by atoms with van der Waals surface area (Å²) in [7, 11) is 0. The van der Waals surface area contributed by atoms with E-state index in [0.717, 1.165) is 22.6 Å². The van der Waals surface area contributed by atoms with E-state index in [-0.39, 0.29) is 5.41 Å². The molecule has 12 aromatic carbocycles. The molecule has 0 aliphatic heterocycles. The maximum Gasteiger partial charge on any atom is 0.0546 e. The molecule has 0 aromatic heterocycles. The number of hydrogen-bond donors (Lipinski definition) is 0. The highest BCUT2D eigenvalue weighted by Crippen LogP contribution is 2.54. The number of rotatable bonds is 7. The molecule has 1 atom stereocenters. The lowest BCUT2D eigenvalue weighted by Crippen LogP contribution is -2.22. The van der Waals surface area contributed by atoms with Gasteiger partial charge in [0.2, 0.25) is 0 Å². The third kappa shape index (κ3) is 6.16. The summed E-state index contributed by atoms with van der Waals surface area (Å²) in [6.45, 7) is 2.39. The molecular formula is C66H45N. The summed E-state index contributed by atoms with van der Waals surface area (Å²) >= 11 is 0. The normalized spacial score (nSPS) is 14.1. The summed E-state index contributed by atoms with van der Waals surface area (Å²) in [4.78, 5) is 2.50. The van der Waals surface area contributed by atoms with Crippen LogP contribution in [0.15, 0.2) is 255 Å². The Hall–Kier alpha value is -8.52. The minimum atomic E-state index is -0.285. The van der Waals surface area contributed by atoms with E-state index in [1.807, 2.05) is 0 Å². The predicted octanol–water partition coefficient (Wildman–Crippen LogP) is 18.1. The van der Waals surface area contributed by atoms with Crippen molar-refractivity contribution in [1.29, 1.82) is 0 Å². The Kier molecular flexibility index (Phi) is 9.05. The second-order valence-corrected chi connectivity index (χ2v) is 18.1. The molecule has 12 aromatic rings. The van der Waals surface area contributed by atoms with Crippen molar-refractivity contribution in [3.63, 3.8) is 0 Å². The van der Waals surface area contributed by atoms with E-state index in [2.05, 4.69) is 267 Å². The Labute approximate surface area is 391 Å². The van der Waals surface area contributed by atoms with Gasteiger partial charge in [-0.2, -0.15) is 0 Å². The van der Waals surface area contributed by atoms with Crippen molar-refractivity contribution >= 4 is 60.2 Å². The minimum Gasteiger partial charge on any atom is -0.310 e. The van der Waals surface area contributed by atoms with Gasteiger partial charge in [0.1, 0.15) is 0 Å². The third-order valence-electron chi connectivity index (χ3n) is 14.5. The van der Waals surface area contributed by atoms with Crippen LogP contribution in [0, 0.1) is 0 Å². The van der Waals surface area contributed by atoms with Crippen molar-refractivity contribution < 1.29 is 0 Å². The van der Waals surface area contributed by atoms with Gasteiger partial charge in [-0.25, -0.2) is 0 Å². The lowest BCUT2D eigenvalue weighted by Gasteiger charge is -2.30. The van der Waals surface area contributed by atoms with Crippen LogP contribution in [0.1, 0.15) is 23.6 Å². The van der Waals surface area contributed by atoms with E-state index in [9.17, 15) is 0 Å². The van der Waals surface area contributed by atoms with E-state index < -0.39 is 0 Å². The zero-order valence-corrected chi connectivity index (χ0v) is 37.2. The van der Waals surface area contributed by atoms with Gasteiger partial charge in [0.15, 0.2) is 0 Å². The first-order chi connectivity index (χ1) is 33.1. The van der Waals surface area contributed by atoms with Crippen molar-refractivity contribution in [1.82, 2.24) is 0 Å². The predicted molar refractivity (Wildman–Crippen MR) is 285 cm³/mol. The quantitative estimate of drug-likeness (QED) is 0.144. The Morgan fingerprint density at radius 3 is 1.57 bits per heavy atom. The minimum absolute atomic E-state index is 0.285. The Morgan fingerprint density at radius 2 is 0.821 bits per heavy atom. The van der Waals surface area contributed by atoms with Crippen molar-refractivity contribution in [3.05, 3.63) is 271 Å². The molecule has 1 nitrogen and oxygen atoms in total. The first-order valence-electron chi connectivity index (χ1n) is 23.3. The topological polar surface area (TPSA) is 3.24 Å². The molecule has 13 rings (SSSR count). The fourth-order valence-corrected chi connectivity index (χ4v) is 11.4. The van der Waals surface area contributed by atoms with Crippen LogP contribution >= 0.6 is 0 Å². The summed E-state index contributed by atoms with van der Waals surface area (Å²) in [5.74, 6) is 0. The summed E-state index contributed by atoms with van der Waals surface area (Å²) < 4.78 is 0. The van der Waals surface area contributed by atoms with Gasteiger partial charge in [0.05, 0.1) is 5.69 Å². The van der Waals surface area contributed by atoms with E-state index in [4.69, 9.17) is 0 Å². The van der Waals surface area contributed by atoms with E-state index in [1.54, 1.807) is 0 Å². The molecule has 0 spiro atoms. The fourth-order valence-electron chi connectivity index (χ4n) is 11.4. The Morgan fingerprint density at radius 1 is 0.299 bits per heavy atom. The molecule has 0 saturated heterocycles. The molecule has 0 radical (unpaired) electrons. The maximum absolute atomic E-state index is 2.50. The molecule has 0 bridgehead atoms. The number of nitrogens with zero attached hydrogens (tertiary/aromatic N) is 1. The number of benzene rings is 12. The third-order valence-corrected chi connectivity index (χ3v) is 14.5. The molecule has 0 heterocycles. The summed E-state index contributed by atoms with van der Waals surface area (Å²) in [5.41, 5.74) is 16.9. The van der Waals surface area contributed by atoms with Gasteiger partial charge in [0.25, 0.3) is 0 Å². The summed E-state index contributed by atoms with van der Waals surface area (Å²) in [6.07, 6.45) is 0. The van der Waals surface area contributed by atoms with Crippen LogP contribution in [-0.4, -0.2) is 0 Å². The molecular weight excluding hydrogens is 807 g/mol. The zero-order chi connectivity index (χ0) is 44.5. The van der Waals surface area contributed by atoms with Crippen LogP contribution in [0.25, 0.3) is 87.6 Å². The standard InChI is InChI=1S/C66H45N/c1-66(49-26-9-4-10-27-49)61-35-18-17-32-56(61)59-43-51(37-39-62(59)66)67(63-42-48-24-11-12-29-52(48)53-30-13-15-33-57(53)63)50-28-19-25-46(40-50)47-36-38-55-54-31-14-16-34-58(54)64(44-20-5-2-6-21-44)65(60(55)41-47)45-22-7-3-8-23-45/h2-43H,1H3. The van der Waals surface area contributed by atoms with Gasteiger partial charge in [-0.1, -0.05) is 218 Å². The van der Waals surface area contributed by atoms with Crippen molar-refractivity contribution in [3.8, 4) is 44.5 Å². The van der Waals surface area contributed by atoms with E-state index in [0.29, 0.717) is 0 Å². The molecule has 0 amide bonds. The summed E-state index contributed by atoms with van der Waals surface area (Å²) in [6, 6.07) is 94.2. The Bertz CT molecular complexity index is 3870. The second kappa shape index (κ2) is 15.6. The van der Waals surface area contributed by atoms with Crippen molar-refractivity contribution in [2.75, 3.05) is 4.90 Å². The number of hydrogen-bond acceptors (Lipinski definition) is 1. The fraction of sp³-hybridized carbons (Fsp3) is 0.0303. The molecule has 1 heteroatoms. The van der Waals surface area contributed by atoms with Crippen LogP contribution in [0.2, 0.25) is 0 Å². The molecule has 1 aliphatic carbocycles. The smallest absolute Gasteiger partial charge is 0.0546 e. The van der Waals surface area contributed by atoms with Gasteiger partial charge in [0, 0.05) is 22.2 Å². The Balaban J connectivity index is 1.05. The molecule has 1 unspecified atom stereocenters. The highest BCUT2D eigenvalue weighted by atomic mass is 15.1. The van der Waals surface area contributed by atoms with Crippen LogP contribution < -0.4 is 4.90 Å². The van der Waals surface area contributed by atoms with Gasteiger partial charge < -0.3 is 4.90 Å². The number of fused-ring (bicyclic) bond motifs is 9. The average molecular weight is 852 g/mol. The molecule has 0 saturated carbocycles. The maximum atomic E-state index is 2.50. The second-order valence-electron chi connectivity index (χ2n) is 18.1. The summed E-state index contributed by atoms with van der Waals surface area (Å²) in [5, 5.41) is 9.92. The lowest BCUT2D eigenvalue weighted by atomic mass is 9.74. The first-order valence-corrected chi connectivity index (χ1v) is 23.3. The van der Waals surface area contributed by atoms with Crippen LogP contribution in [-0.2, 0) is 5.41 Å². The van der Waals surface area contributed by atoms with Crippen molar-refractivity contribution in [2.24, 2.45) is 0 Å². The highest BCUT2D eigenvalue weighted by molar-refractivity contribution is 6.22. The monoisotopic (exact) mass is 851 g/mol. The van der Waals surface area contributed by atoms with Gasteiger partial charge in [-0.3, -0.25) is 0 Å². The van der Waals surface area contributed by atoms with E-state index in [1.165, 1.54) is 98.7 Å². The van der Waals surface area contributed by atoms with Gasteiger partial charge in [-0.15, -0.1) is 0 Å². The molecule has 0 fully saturated rings. The van der Waals surface area contributed by atoms with Crippen molar-refractivity contribution in [2.45, 2.75) is 12.3 Å². The van der Waals surface area contributed by atoms with Crippen LogP contribution in [0.5, 0.6) is 0 Å². The van der Waals surface area contributed by atoms with E-state index >= 15 is 0 Å². The van der Waals surface area contributed by atoms with Crippen LogP contribution in [0.4, 0.5) is 17.1 Å². The molecule has 67 heavy (non-hydrogen) atoms. The van der Waals surface area contributed by atoms with Crippen LogP contribution in [0.3, 0.4) is 0 Å². The molecule has 1 aliphatic rings. The molecule has 0 N–H and O–H groups in total. The SMILES string of the molecule is CC1(c2ccccc2)c2ccccc2-c2cc(N(c3cccc(-c4ccc5c(c4)c(-c4ccccc4)c(-c4ccccc4)c4ccccc45)c3)c3cc4ccccc4c4ccccc34)ccc21. The largest absolute Gasteiger partial charge is 0.310 e. The number of anilines is 3. The highest BCUT2D eigenvalue weighted by Gasteiger charge is 2.41. The van der Waals surface area contributed by atoms with Gasteiger partial charge in [-0.05, 0) is 142 Å². The molecule has 314 valence electrons. The average Bonchev–Trinajstić information content (AvgIpc) is 3.66. The zero-order valence-electron chi connectivity index (χ0n) is 37.2. The first kappa shape index (κ1) is 38.9. The lowest BCUT2D eigenvalue weighted by molar-refractivity contribution is 0.714. The van der Waals surface area contributed by atoms with Gasteiger partial charge >= 0.3 is 0 Å².